The van der Waals surface area contributed by atoms with Crippen LogP contribution >= 0.6 is 35.6 Å². The maximum absolute atomic E-state index is 5.78. The molecule has 0 atom stereocenters. The number of aryl methyl sites for hydroxylation is 1. The van der Waals surface area contributed by atoms with Gasteiger partial charge in [-0.3, -0.25) is 4.99 Å². The Hall–Kier alpha value is -1.34. The fraction of sp³-hybridized carbons (Fsp3) is 0.333. The van der Waals surface area contributed by atoms with Crippen LogP contribution in [0.25, 0.3) is 0 Å². The van der Waals surface area contributed by atoms with E-state index in [1.165, 1.54) is 11.1 Å². The number of rotatable bonds is 6. The number of halogens is 2. The first-order valence-electron chi connectivity index (χ1n) is 7.78. The molecule has 1 aromatic heterocycles. The topological polar surface area (TPSA) is 49.3 Å². The van der Waals surface area contributed by atoms with E-state index >= 15 is 0 Å². The van der Waals surface area contributed by atoms with Crippen molar-refractivity contribution in [1.29, 1.82) is 0 Å². The van der Waals surface area contributed by atoms with Gasteiger partial charge in [0.05, 0.1) is 0 Å². The van der Waals surface area contributed by atoms with Crippen molar-refractivity contribution in [2.45, 2.75) is 19.8 Å². The fourth-order valence-corrected chi connectivity index (χ4v) is 2.29. The number of benzene rings is 1. The van der Waals surface area contributed by atoms with E-state index in [1.54, 1.807) is 13.2 Å². The highest BCUT2D eigenvalue weighted by Crippen LogP contribution is 2.05. The Morgan fingerprint density at radius 1 is 1.00 bits per heavy atom. The Morgan fingerprint density at radius 3 is 2.12 bits per heavy atom. The summed E-state index contributed by atoms with van der Waals surface area (Å²) in [6.45, 7) is 3.75. The predicted octanol–water partition coefficient (Wildman–Crippen LogP) is 3.61. The van der Waals surface area contributed by atoms with Gasteiger partial charge >= 0.3 is 0 Å². The van der Waals surface area contributed by atoms with Crippen molar-refractivity contribution in [3.63, 3.8) is 0 Å². The monoisotopic (exact) mass is 458 g/mol. The highest BCUT2D eigenvalue weighted by atomic mass is 127. The lowest BCUT2D eigenvalue weighted by molar-refractivity contribution is 0.783. The van der Waals surface area contributed by atoms with Crippen LogP contribution in [-0.4, -0.2) is 31.1 Å². The third-order valence-corrected chi connectivity index (χ3v) is 3.77. The summed E-state index contributed by atoms with van der Waals surface area (Å²) in [5.74, 6) is 0.819. The summed E-state index contributed by atoms with van der Waals surface area (Å²) in [6.07, 6.45) is 3.66. The average Bonchev–Trinajstić information content (AvgIpc) is 2.57. The lowest BCUT2D eigenvalue weighted by Crippen LogP contribution is -2.39. The molecule has 1 heterocycles. The lowest BCUT2D eigenvalue weighted by Gasteiger charge is -2.12. The van der Waals surface area contributed by atoms with Crippen molar-refractivity contribution in [1.82, 2.24) is 15.6 Å². The Balaban J connectivity index is 0.00000288. The quantitative estimate of drug-likeness (QED) is 0.301. The molecule has 4 nitrogen and oxygen atoms in total. The van der Waals surface area contributed by atoms with E-state index in [-0.39, 0.29) is 24.0 Å². The van der Waals surface area contributed by atoms with Crippen molar-refractivity contribution >= 4 is 41.5 Å². The molecular weight excluding hydrogens is 435 g/mol. The van der Waals surface area contributed by atoms with Gasteiger partial charge < -0.3 is 10.6 Å². The molecular formula is C18H24ClIN4. The summed E-state index contributed by atoms with van der Waals surface area (Å²) in [5.41, 5.74) is 3.76. The molecule has 1 aromatic carbocycles. The van der Waals surface area contributed by atoms with Gasteiger partial charge in [-0.2, -0.15) is 0 Å². The number of hydrogen-bond acceptors (Lipinski definition) is 2. The van der Waals surface area contributed by atoms with Crippen LogP contribution in [0.2, 0.25) is 5.15 Å². The number of nitrogens with one attached hydrogen (secondary N) is 2. The molecule has 2 aromatic rings. The zero-order valence-electron chi connectivity index (χ0n) is 14.1. The Labute approximate surface area is 166 Å². The first-order valence-corrected chi connectivity index (χ1v) is 8.15. The highest BCUT2D eigenvalue weighted by molar-refractivity contribution is 14.0. The van der Waals surface area contributed by atoms with E-state index in [9.17, 15) is 0 Å². The van der Waals surface area contributed by atoms with E-state index in [0.717, 1.165) is 37.5 Å². The number of nitrogens with zero attached hydrogens (tertiary/aromatic N) is 2. The van der Waals surface area contributed by atoms with Gasteiger partial charge in [-0.15, -0.1) is 24.0 Å². The maximum Gasteiger partial charge on any atom is 0.190 e. The standard InChI is InChI=1S/C18H23ClN4.HI/c1-14-3-5-15(6-4-14)9-11-21-18(20-2)22-12-10-16-7-8-17(19)23-13-16;/h3-8,13H,9-12H2,1-2H3,(H2,20,21,22);1H. The molecule has 0 saturated carbocycles. The molecule has 0 spiro atoms. The summed E-state index contributed by atoms with van der Waals surface area (Å²) in [7, 11) is 1.78. The van der Waals surface area contributed by atoms with Gasteiger partial charge in [0.1, 0.15) is 5.15 Å². The van der Waals surface area contributed by atoms with E-state index < -0.39 is 0 Å². The Kier molecular flexibility index (Phi) is 9.71. The van der Waals surface area contributed by atoms with Crippen LogP contribution in [0.1, 0.15) is 16.7 Å². The molecule has 0 fully saturated rings. The van der Waals surface area contributed by atoms with Crippen LogP contribution in [0.4, 0.5) is 0 Å². The van der Waals surface area contributed by atoms with E-state index in [4.69, 9.17) is 11.6 Å². The molecule has 6 heteroatoms. The third-order valence-electron chi connectivity index (χ3n) is 3.55. The predicted molar refractivity (Wildman–Crippen MR) is 113 cm³/mol. The second-order valence-corrected chi connectivity index (χ2v) is 5.79. The van der Waals surface area contributed by atoms with Gasteiger partial charge in [-0.05, 0) is 37.0 Å². The number of hydrogen-bond donors (Lipinski definition) is 2. The van der Waals surface area contributed by atoms with Crippen LogP contribution in [0.15, 0.2) is 47.6 Å². The minimum atomic E-state index is 0. The zero-order valence-corrected chi connectivity index (χ0v) is 17.1. The minimum absolute atomic E-state index is 0. The zero-order chi connectivity index (χ0) is 16.5. The molecule has 130 valence electrons. The van der Waals surface area contributed by atoms with E-state index in [1.807, 2.05) is 12.1 Å². The van der Waals surface area contributed by atoms with E-state index in [2.05, 4.69) is 51.8 Å². The summed E-state index contributed by atoms with van der Waals surface area (Å²) < 4.78 is 0. The number of pyridine rings is 1. The largest absolute Gasteiger partial charge is 0.356 e. The van der Waals surface area contributed by atoms with Crippen molar-refractivity contribution in [2.75, 3.05) is 20.1 Å². The molecule has 24 heavy (non-hydrogen) atoms. The first kappa shape index (κ1) is 20.7. The molecule has 0 aliphatic heterocycles. The van der Waals surface area contributed by atoms with Crippen molar-refractivity contribution in [3.05, 3.63) is 64.4 Å². The normalized spacial score (nSPS) is 10.9. The second kappa shape index (κ2) is 11.3. The number of aromatic nitrogens is 1. The first-order chi connectivity index (χ1) is 11.2. The molecule has 0 amide bonds. The van der Waals surface area contributed by atoms with Crippen molar-refractivity contribution in [2.24, 2.45) is 4.99 Å². The highest BCUT2D eigenvalue weighted by Gasteiger charge is 1.99. The molecule has 0 aliphatic carbocycles. The molecule has 0 saturated heterocycles. The SMILES string of the molecule is CN=C(NCCc1ccc(C)cc1)NCCc1ccc(Cl)nc1.I. The summed E-state index contributed by atoms with van der Waals surface area (Å²) in [5, 5.41) is 7.16. The van der Waals surface area contributed by atoms with Crippen molar-refractivity contribution in [3.8, 4) is 0 Å². The maximum atomic E-state index is 5.78. The van der Waals surface area contributed by atoms with E-state index in [0.29, 0.717) is 5.15 Å². The fourth-order valence-electron chi connectivity index (χ4n) is 2.18. The Morgan fingerprint density at radius 2 is 1.58 bits per heavy atom. The molecule has 2 N–H and O–H groups in total. The van der Waals surface area contributed by atoms with Crippen LogP contribution in [-0.2, 0) is 12.8 Å². The summed E-state index contributed by atoms with van der Waals surface area (Å²) in [4.78, 5) is 8.31. The molecule has 0 radical (unpaired) electrons. The second-order valence-electron chi connectivity index (χ2n) is 5.40. The van der Waals surface area contributed by atoms with Gasteiger partial charge in [0.2, 0.25) is 0 Å². The van der Waals surface area contributed by atoms with Crippen LogP contribution < -0.4 is 10.6 Å². The van der Waals surface area contributed by atoms with Gasteiger partial charge in [0.25, 0.3) is 0 Å². The molecule has 2 rings (SSSR count). The summed E-state index contributed by atoms with van der Waals surface area (Å²) in [6, 6.07) is 12.4. The molecule has 0 aliphatic rings. The van der Waals surface area contributed by atoms with Gasteiger partial charge in [-0.25, -0.2) is 4.98 Å². The lowest BCUT2D eigenvalue weighted by atomic mass is 10.1. The van der Waals surface area contributed by atoms with Gasteiger partial charge in [-0.1, -0.05) is 47.5 Å². The van der Waals surface area contributed by atoms with Crippen LogP contribution in [0.3, 0.4) is 0 Å². The third kappa shape index (κ3) is 7.49. The van der Waals surface area contributed by atoms with Crippen molar-refractivity contribution < 1.29 is 0 Å². The average molecular weight is 459 g/mol. The molecule has 0 bridgehead atoms. The van der Waals surface area contributed by atoms with Gasteiger partial charge in [0, 0.05) is 26.3 Å². The summed E-state index contributed by atoms with van der Waals surface area (Å²) >= 11 is 5.78. The number of guanidine groups is 1. The van der Waals surface area contributed by atoms with Crippen LogP contribution in [0.5, 0.6) is 0 Å². The van der Waals surface area contributed by atoms with Gasteiger partial charge in [0.15, 0.2) is 5.96 Å². The minimum Gasteiger partial charge on any atom is -0.356 e. The molecule has 0 unspecified atom stereocenters. The number of aliphatic imine (C=N–C) groups is 1. The smallest absolute Gasteiger partial charge is 0.190 e. The van der Waals surface area contributed by atoms with Crippen LogP contribution in [0, 0.1) is 6.92 Å². The Bertz CT molecular complexity index is 573.